The predicted octanol–water partition coefficient (Wildman–Crippen LogP) is -0.842. The molecule has 2 amide bonds. The number of nitrogens with one attached hydrogen (secondary N) is 2. The lowest BCUT2D eigenvalue weighted by Crippen LogP contribution is -2.48. The van der Waals surface area contributed by atoms with Crippen LogP contribution in [-0.4, -0.2) is 55.1 Å². The van der Waals surface area contributed by atoms with Crippen molar-refractivity contribution in [1.82, 2.24) is 10.6 Å². The average Bonchev–Trinajstić information content (AvgIpc) is 2.25. The fourth-order valence-corrected chi connectivity index (χ4v) is 0.968. The minimum absolute atomic E-state index is 0.437. The van der Waals surface area contributed by atoms with E-state index in [9.17, 15) is 9.59 Å². The minimum Gasteiger partial charge on any atom is -0.480 e. The van der Waals surface area contributed by atoms with Crippen LogP contribution in [0.1, 0.15) is 12.8 Å². The second-order valence-corrected chi connectivity index (χ2v) is 3.17. The lowest BCUT2D eigenvalue weighted by Gasteiger charge is -2.12. The van der Waals surface area contributed by atoms with Gasteiger partial charge in [-0.25, -0.2) is 9.59 Å². The van der Waals surface area contributed by atoms with Crippen molar-refractivity contribution in [3.05, 3.63) is 0 Å². The molecule has 0 spiro atoms. The summed E-state index contributed by atoms with van der Waals surface area (Å²) < 4.78 is 4.82. The predicted molar refractivity (Wildman–Crippen MR) is 56.2 cm³/mol. The van der Waals surface area contributed by atoms with Crippen molar-refractivity contribution < 1.29 is 24.5 Å². The number of rotatable bonds is 8. The number of unbranched alkanes of at least 4 members (excludes halogenated alkanes) is 1. The van der Waals surface area contributed by atoms with Gasteiger partial charge in [0, 0.05) is 20.3 Å². The number of carbonyl (C=O) groups is 2. The van der Waals surface area contributed by atoms with E-state index in [1.54, 1.807) is 7.11 Å². The third-order valence-electron chi connectivity index (χ3n) is 1.85. The number of hydrogen-bond donors (Lipinski definition) is 4. The second kappa shape index (κ2) is 8.93. The van der Waals surface area contributed by atoms with Crippen LogP contribution in [0.15, 0.2) is 0 Å². The SMILES string of the molecule is COCCCCNC(=O)N[C@H](CO)C(=O)O. The molecular formula is C9H18N2O5. The summed E-state index contributed by atoms with van der Waals surface area (Å²) in [6, 6.07) is -1.86. The van der Waals surface area contributed by atoms with Crippen molar-refractivity contribution in [3.63, 3.8) is 0 Å². The van der Waals surface area contributed by atoms with Gasteiger partial charge in [-0.15, -0.1) is 0 Å². The Kier molecular flexibility index (Phi) is 8.18. The summed E-state index contributed by atoms with van der Waals surface area (Å²) in [6.07, 6.45) is 1.57. The maximum atomic E-state index is 11.1. The molecule has 0 saturated heterocycles. The molecule has 0 saturated carbocycles. The van der Waals surface area contributed by atoms with E-state index in [1.165, 1.54) is 0 Å². The first-order chi connectivity index (χ1) is 7.61. The van der Waals surface area contributed by atoms with Gasteiger partial charge < -0.3 is 25.6 Å². The number of aliphatic hydroxyl groups is 1. The zero-order valence-corrected chi connectivity index (χ0v) is 9.23. The van der Waals surface area contributed by atoms with E-state index >= 15 is 0 Å². The second-order valence-electron chi connectivity index (χ2n) is 3.17. The Labute approximate surface area is 93.8 Å². The number of aliphatic carboxylic acids is 1. The van der Waals surface area contributed by atoms with Gasteiger partial charge in [-0.1, -0.05) is 0 Å². The van der Waals surface area contributed by atoms with Crippen LogP contribution in [0.2, 0.25) is 0 Å². The van der Waals surface area contributed by atoms with Crippen molar-refractivity contribution in [2.45, 2.75) is 18.9 Å². The van der Waals surface area contributed by atoms with E-state index in [-0.39, 0.29) is 0 Å². The third-order valence-corrected chi connectivity index (χ3v) is 1.85. The zero-order chi connectivity index (χ0) is 12.4. The molecule has 0 aliphatic rings. The summed E-state index contributed by atoms with van der Waals surface area (Å²) in [6.45, 7) is 0.428. The smallest absolute Gasteiger partial charge is 0.328 e. The van der Waals surface area contributed by atoms with Crippen LogP contribution in [0.3, 0.4) is 0 Å². The molecule has 0 rings (SSSR count). The van der Waals surface area contributed by atoms with Gasteiger partial charge in [-0.2, -0.15) is 0 Å². The largest absolute Gasteiger partial charge is 0.480 e. The lowest BCUT2D eigenvalue weighted by atomic mass is 10.3. The van der Waals surface area contributed by atoms with Crippen molar-refractivity contribution in [2.24, 2.45) is 0 Å². The standard InChI is InChI=1S/C9H18N2O5/c1-16-5-3-2-4-10-9(15)11-7(6-12)8(13)14/h7,12H,2-6H2,1H3,(H,13,14)(H2,10,11,15)/t7-/m1/s1. The number of carboxylic acid groups (broad SMARTS) is 1. The molecule has 0 unspecified atom stereocenters. The van der Waals surface area contributed by atoms with E-state index in [0.717, 1.165) is 12.8 Å². The molecule has 0 heterocycles. The molecular weight excluding hydrogens is 216 g/mol. The maximum absolute atomic E-state index is 11.1. The molecule has 4 N–H and O–H groups in total. The Morgan fingerprint density at radius 1 is 1.38 bits per heavy atom. The Balaban J connectivity index is 3.61. The molecule has 7 heteroatoms. The van der Waals surface area contributed by atoms with Gasteiger partial charge in [0.2, 0.25) is 0 Å². The number of aliphatic hydroxyl groups excluding tert-OH is 1. The third kappa shape index (κ3) is 7.02. The molecule has 0 aliphatic carbocycles. The monoisotopic (exact) mass is 234 g/mol. The van der Waals surface area contributed by atoms with E-state index in [0.29, 0.717) is 13.2 Å². The van der Waals surface area contributed by atoms with Crippen molar-refractivity contribution in [1.29, 1.82) is 0 Å². The van der Waals surface area contributed by atoms with Crippen molar-refractivity contribution in [3.8, 4) is 0 Å². The molecule has 0 fully saturated rings. The van der Waals surface area contributed by atoms with Crippen LogP contribution < -0.4 is 10.6 Å². The molecule has 0 radical (unpaired) electrons. The fraction of sp³-hybridized carbons (Fsp3) is 0.778. The van der Waals surface area contributed by atoms with Gasteiger partial charge in [-0.3, -0.25) is 0 Å². The number of carboxylic acids is 1. The van der Waals surface area contributed by atoms with Crippen LogP contribution in [-0.2, 0) is 9.53 Å². The van der Waals surface area contributed by atoms with Gasteiger partial charge in [0.15, 0.2) is 6.04 Å². The molecule has 0 bridgehead atoms. The molecule has 1 atom stereocenters. The highest BCUT2D eigenvalue weighted by molar-refractivity contribution is 5.82. The first kappa shape index (κ1) is 14.7. The van der Waals surface area contributed by atoms with Gasteiger partial charge in [-0.05, 0) is 12.8 Å². The molecule has 16 heavy (non-hydrogen) atoms. The van der Waals surface area contributed by atoms with Gasteiger partial charge in [0.05, 0.1) is 6.61 Å². The highest BCUT2D eigenvalue weighted by atomic mass is 16.5. The van der Waals surface area contributed by atoms with Crippen LogP contribution in [0.4, 0.5) is 4.79 Å². The summed E-state index contributed by atoms with van der Waals surface area (Å²) in [5, 5.41) is 21.8. The van der Waals surface area contributed by atoms with Gasteiger partial charge in [0.1, 0.15) is 0 Å². The van der Waals surface area contributed by atoms with Gasteiger partial charge in [0.25, 0.3) is 0 Å². The fourth-order valence-electron chi connectivity index (χ4n) is 0.968. The minimum atomic E-state index is -1.27. The molecule has 0 aromatic carbocycles. The maximum Gasteiger partial charge on any atom is 0.328 e. The molecule has 0 aromatic rings. The number of hydrogen-bond acceptors (Lipinski definition) is 4. The highest BCUT2D eigenvalue weighted by Gasteiger charge is 2.17. The number of carbonyl (C=O) groups excluding carboxylic acids is 1. The average molecular weight is 234 g/mol. The van der Waals surface area contributed by atoms with Crippen LogP contribution >= 0.6 is 0 Å². The summed E-state index contributed by atoms with van der Waals surface area (Å²) in [5.74, 6) is -1.27. The van der Waals surface area contributed by atoms with E-state index < -0.39 is 24.6 Å². The number of ether oxygens (including phenoxy) is 1. The molecule has 94 valence electrons. The zero-order valence-electron chi connectivity index (χ0n) is 9.23. The van der Waals surface area contributed by atoms with Crippen LogP contribution in [0.25, 0.3) is 0 Å². The van der Waals surface area contributed by atoms with Crippen LogP contribution in [0.5, 0.6) is 0 Å². The van der Waals surface area contributed by atoms with Crippen molar-refractivity contribution >= 4 is 12.0 Å². The first-order valence-corrected chi connectivity index (χ1v) is 4.98. The van der Waals surface area contributed by atoms with E-state index in [2.05, 4.69) is 10.6 Å². The molecule has 0 aliphatic heterocycles. The van der Waals surface area contributed by atoms with E-state index in [4.69, 9.17) is 14.9 Å². The topological polar surface area (TPSA) is 108 Å². The Morgan fingerprint density at radius 2 is 2.06 bits per heavy atom. The number of urea groups is 1. The Bertz CT molecular complexity index is 222. The highest BCUT2D eigenvalue weighted by Crippen LogP contribution is 1.87. The van der Waals surface area contributed by atoms with E-state index in [1.807, 2.05) is 0 Å². The Morgan fingerprint density at radius 3 is 2.56 bits per heavy atom. The van der Waals surface area contributed by atoms with Crippen LogP contribution in [0, 0.1) is 0 Å². The quantitative estimate of drug-likeness (QED) is 0.409. The summed E-state index contributed by atoms with van der Waals surface area (Å²) in [4.78, 5) is 21.6. The molecule has 7 nitrogen and oxygen atoms in total. The Hall–Kier alpha value is -1.34. The first-order valence-electron chi connectivity index (χ1n) is 4.98. The number of amides is 2. The normalized spacial score (nSPS) is 11.9. The lowest BCUT2D eigenvalue weighted by molar-refractivity contribution is -0.140. The van der Waals surface area contributed by atoms with Gasteiger partial charge >= 0.3 is 12.0 Å². The summed E-state index contributed by atoms with van der Waals surface area (Å²) >= 11 is 0. The summed E-state index contributed by atoms with van der Waals surface area (Å²) in [5.41, 5.74) is 0. The molecule has 0 aromatic heterocycles. The summed E-state index contributed by atoms with van der Waals surface area (Å²) in [7, 11) is 1.60. The van der Waals surface area contributed by atoms with Crippen molar-refractivity contribution in [2.75, 3.05) is 26.9 Å². The number of methoxy groups -OCH3 is 1.